The lowest BCUT2D eigenvalue weighted by atomic mass is 9.95. The van der Waals surface area contributed by atoms with Crippen LogP contribution < -0.4 is 10.6 Å². The molecule has 2 rings (SSSR count). The molecule has 2 N–H and O–H groups in total. The van der Waals surface area contributed by atoms with Crippen molar-refractivity contribution in [2.75, 3.05) is 6.54 Å². The molecule has 23 heavy (non-hydrogen) atoms. The number of halogens is 1. The summed E-state index contributed by atoms with van der Waals surface area (Å²) in [5.41, 5.74) is -0.560. The maximum absolute atomic E-state index is 11.9. The first-order valence-electron chi connectivity index (χ1n) is 8.06. The minimum absolute atomic E-state index is 0.0960. The molecule has 130 valence electrons. The Bertz CT molecular complexity index is 544. The van der Waals surface area contributed by atoms with Crippen molar-refractivity contribution in [3.05, 3.63) is 20.3 Å². The zero-order valence-electron chi connectivity index (χ0n) is 14.6. The third kappa shape index (κ3) is 5.76. The van der Waals surface area contributed by atoms with Gasteiger partial charge in [0, 0.05) is 32.9 Å². The lowest BCUT2D eigenvalue weighted by Crippen LogP contribution is -2.53. The van der Waals surface area contributed by atoms with Crippen molar-refractivity contribution in [1.82, 2.24) is 10.6 Å². The molecule has 1 fully saturated rings. The van der Waals surface area contributed by atoms with Crippen LogP contribution in [0.1, 0.15) is 50.3 Å². The molecule has 0 bridgehead atoms. The predicted octanol–water partition coefficient (Wildman–Crippen LogP) is 4.60. The van der Waals surface area contributed by atoms with Crippen molar-refractivity contribution in [3.8, 4) is 0 Å². The van der Waals surface area contributed by atoms with Crippen molar-refractivity contribution < 1.29 is 9.53 Å². The Hall–Kier alpha value is -0.590. The highest BCUT2D eigenvalue weighted by Crippen LogP contribution is 2.39. The molecule has 1 amide bonds. The van der Waals surface area contributed by atoms with Gasteiger partial charge in [-0.1, -0.05) is 0 Å². The Kier molecular flexibility index (Phi) is 5.80. The van der Waals surface area contributed by atoms with E-state index in [1.807, 2.05) is 20.8 Å². The number of amides is 1. The molecular formula is C17H27BrN2O2S. The van der Waals surface area contributed by atoms with Gasteiger partial charge in [-0.15, -0.1) is 11.3 Å². The van der Waals surface area contributed by atoms with Gasteiger partial charge in [-0.3, -0.25) is 0 Å². The Balaban J connectivity index is 1.90. The molecule has 0 aliphatic heterocycles. The first-order valence-corrected chi connectivity index (χ1v) is 9.67. The lowest BCUT2D eigenvalue weighted by molar-refractivity contribution is 0.0507. The van der Waals surface area contributed by atoms with Crippen LogP contribution in [0.4, 0.5) is 4.79 Å². The smallest absolute Gasteiger partial charge is 0.407 e. The van der Waals surface area contributed by atoms with Crippen molar-refractivity contribution in [3.63, 3.8) is 0 Å². The van der Waals surface area contributed by atoms with E-state index in [1.165, 1.54) is 27.1 Å². The number of hydrogen-bond acceptors (Lipinski definition) is 4. The Morgan fingerprint density at radius 3 is 2.52 bits per heavy atom. The molecule has 1 aromatic rings. The molecule has 1 unspecified atom stereocenters. The summed E-state index contributed by atoms with van der Waals surface area (Å²) in [7, 11) is 0. The van der Waals surface area contributed by atoms with Gasteiger partial charge in [-0.25, -0.2) is 4.79 Å². The molecule has 1 heterocycles. The van der Waals surface area contributed by atoms with Gasteiger partial charge in [0.15, 0.2) is 0 Å². The number of carbonyl (C=O) groups excluding carboxylic acids is 1. The molecule has 1 atom stereocenters. The highest BCUT2D eigenvalue weighted by molar-refractivity contribution is 9.10. The third-order valence-corrected chi connectivity index (χ3v) is 6.19. The fourth-order valence-corrected chi connectivity index (χ4v) is 4.08. The van der Waals surface area contributed by atoms with Crippen LogP contribution in [-0.2, 0) is 11.3 Å². The van der Waals surface area contributed by atoms with Crippen LogP contribution in [0.2, 0.25) is 0 Å². The summed E-state index contributed by atoms with van der Waals surface area (Å²) in [4.78, 5) is 14.5. The lowest BCUT2D eigenvalue weighted by Gasteiger charge is -2.32. The van der Waals surface area contributed by atoms with Crippen molar-refractivity contribution in [1.29, 1.82) is 0 Å². The number of thiophene rings is 1. The van der Waals surface area contributed by atoms with Gasteiger partial charge in [0.05, 0.1) is 0 Å². The molecule has 0 radical (unpaired) electrons. The van der Waals surface area contributed by atoms with Gasteiger partial charge in [-0.2, -0.15) is 0 Å². The van der Waals surface area contributed by atoms with Gasteiger partial charge in [-0.05, 0) is 75.4 Å². The van der Waals surface area contributed by atoms with E-state index in [1.54, 1.807) is 11.3 Å². The second-order valence-electron chi connectivity index (χ2n) is 7.52. The number of ether oxygens (including phenoxy) is 1. The second kappa shape index (κ2) is 7.11. The molecule has 4 nitrogen and oxygen atoms in total. The largest absolute Gasteiger partial charge is 0.444 e. The van der Waals surface area contributed by atoms with E-state index in [-0.39, 0.29) is 11.6 Å². The minimum atomic E-state index is -0.464. The summed E-state index contributed by atoms with van der Waals surface area (Å²) in [5.74, 6) is 0.613. The molecule has 1 aliphatic carbocycles. The Morgan fingerprint density at radius 2 is 2.04 bits per heavy atom. The summed E-state index contributed by atoms with van der Waals surface area (Å²) in [5, 5.41) is 6.58. The minimum Gasteiger partial charge on any atom is -0.444 e. The van der Waals surface area contributed by atoms with Crippen molar-refractivity contribution in [2.45, 2.75) is 65.1 Å². The zero-order chi connectivity index (χ0) is 17.3. The SMILES string of the molecule is Cc1sc(CNC(C)(CNC(=O)OC(C)(C)C)C2CC2)cc1Br. The van der Waals surface area contributed by atoms with E-state index in [9.17, 15) is 4.79 Å². The fraction of sp³-hybridized carbons (Fsp3) is 0.706. The highest BCUT2D eigenvalue weighted by atomic mass is 79.9. The second-order valence-corrected chi connectivity index (χ2v) is 9.71. The van der Waals surface area contributed by atoms with Gasteiger partial charge in [0.1, 0.15) is 5.60 Å². The van der Waals surface area contributed by atoms with E-state index >= 15 is 0 Å². The summed E-state index contributed by atoms with van der Waals surface area (Å²) in [6.07, 6.45) is 2.08. The quantitative estimate of drug-likeness (QED) is 0.730. The van der Waals surface area contributed by atoms with Gasteiger partial charge >= 0.3 is 6.09 Å². The molecule has 1 saturated carbocycles. The molecule has 1 aromatic heterocycles. The first-order chi connectivity index (χ1) is 10.6. The van der Waals surface area contributed by atoms with E-state index in [2.05, 4.69) is 46.5 Å². The summed E-state index contributed by atoms with van der Waals surface area (Å²) in [6.45, 7) is 11.3. The molecule has 0 saturated heterocycles. The maximum Gasteiger partial charge on any atom is 0.407 e. The number of carbonyl (C=O) groups is 1. The summed E-state index contributed by atoms with van der Waals surface area (Å²) < 4.78 is 6.50. The molecule has 0 aromatic carbocycles. The highest BCUT2D eigenvalue weighted by Gasteiger charge is 2.41. The number of hydrogen-bond donors (Lipinski definition) is 2. The van der Waals surface area contributed by atoms with Gasteiger partial charge in [0.2, 0.25) is 0 Å². The Morgan fingerprint density at radius 1 is 1.39 bits per heavy atom. The van der Waals surface area contributed by atoms with E-state index in [0.29, 0.717) is 12.5 Å². The van der Waals surface area contributed by atoms with Crippen LogP contribution in [0.25, 0.3) is 0 Å². The average Bonchev–Trinajstić information content (AvgIpc) is 3.21. The maximum atomic E-state index is 11.9. The predicted molar refractivity (Wildman–Crippen MR) is 99.0 cm³/mol. The van der Waals surface area contributed by atoms with Gasteiger partial charge < -0.3 is 15.4 Å². The number of nitrogens with one attached hydrogen (secondary N) is 2. The summed E-state index contributed by atoms with van der Waals surface area (Å²) in [6, 6.07) is 2.17. The Labute approximate surface area is 151 Å². The van der Waals surface area contributed by atoms with Gasteiger partial charge in [0.25, 0.3) is 0 Å². The molecular weight excluding hydrogens is 376 g/mol. The average molecular weight is 403 g/mol. The molecule has 0 spiro atoms. The first kappa shape index (κ1) is 18.7. The zero-order valence-corrected chi connectivity index (χ0v) is 17.0. The van der Waals surface area contributed by atoms with E-state index in [0.717, 1.165) is 6.54 Å². The normalized spacial score (nSPS) is 17.7. The van der Waals surface area contributed by atoms with Crippen molar-refractivity contribution in [2.24, 2.45) is 5.92 Å². The number of aryl methyl sites for hydroxylation is 1. The van der Waals surface area contributed by atoms with E-state index in [4.69, 9.17) is 4.74 Å². The van der Waals surface area contributed by atoms with Crippen LogP contribution in [0, 0.1) is 12.8 Å². The fourth-order valence-electron chi connectivity index (χ4n) is 2.54. The topological polar surface area (TPSA) is 50.4 Å². The molecule has 1 aliphatic rings. The third-order valence-electron chi connectivity index (χ3n) is 4.05. The summed E-state index contributed by atoms with van der Waals surface area (Å²) >= 11 is 5.36. The number of alkyl carbamates (subject to hydrolysis) is 1. The van der Waals surface area contributed by atoms with Crippen LogP contribution in [0.3, 0.4) is 0 Å². The van der Waals surface area contributed by atoms with Crippen LogP contribution in [-0.4, -0.2) is 23.8 Å². The molecule has 6 heteroatoms. The standard InChI is InChI=1S/C17H27BrN2O2S/c1-11-14(18)8-13(23-11)9-20-17(5,12-6-7-12)10-19-15(21)22-16(2,3)4/h8,12,20H,6-7,9-10H2,1-5H3,(H,19,21). The van der Waals surface area contributed by atoms with Crippen LogP contribution in [0.15, 0.2) is 10.5 Å². The monoisotopic (exact) mass is 402 g/mol. The van der Waals surface area contributed by atoms with Crippen LogP contribution in [0.5, 0.6) is 0 Å². The van der Waals surface area contributed by atoms with Crippen LogP contribution >= 0.6 is 27.3 Å². The van der Waals surface area contributed by atoms with E-state index < -0.39 is 5.60 Å². The van der Waals surface area contributed by atoms with Crippen molar-refractivity contribution >= 4 is 33.4 Å². The number of rotatable bonds is 6.